The number of ether oxygens (including phenoxy) is 2. The smallest absolute Gasteiger partial charge is 0.282 e. The molecule has 1 aliphatic heterocycles. The molecule has 2 aromatic carbocycles. The topological polar surface area (TPSA) is 67.9 Å². The standard InChI is InChI=1S/C24H22N2O4S/c1-3-13-30-17-9-6-8-16(15-17)25-22-21(20-12-7-14-31-20)23(27)26(24(22)28)18-10-4-5-11-19(18)29-2/h4-12,14-15,25H,3,13H2,1-2H3. The van der Waals surface area contributed by atoms with Gasteiger partial charge in [-0.25, -0.2) is 4.90 Å². The number of nitrogens with zero attached hydrogens (tertiary/aromatic N) is 1. The number of methoxy groups -OCH3 is 1. The second-order valence-electron chi connectivity index (χ2n) is 6.85. The molecule has 0 radical (unpaired) electrons. The summed E-state index contributed by atoms with van der Waals surface area (Å²) in [5.74, 6) is 0.324. The highest BCUT2D eigenvalue weighted by Crippen LogP contribution is 2.39. The van der Waals surface area contributed by atoms with Gasteiger partial charge in [-0.15, -0.1) is 11.3 Å². The summed E-state index contributed by atoms with van der Waals surface area (Å²) in [6.45, 7) is 2.64. The fourth-order valence-corrected chi connectivity index (χ4v) is 4.12. The number of thiophene rings is 1. The van der Waals surface area contributed by atoms with Gasteiger partial charge < -0.3 is 14.8 Å². The second-order valence-corrected chi connectivity index (χ2v) is 7.79. The Morgan fingerprint density at radius 2 is 1.84 bits per heavy atom. The van der Waals surface area contributed by atoms with Crippen LogP contribution in [-0.2, 0) is 9.59 Å². The SMILES string of the molecule is CCCOc1cccc(NC2=C(c3cccs3)C(=O)N(c3ccccc3OC)C2=O)c1. The van der Waals surface area contributed by atoms with Crippen LogP contribution in [-0.4, -0.2) is 25.5 Å². The Bertz CT molecular complexity index is 1140. The normalized spacial score (nSPS) is 13.7. The lowest BCUT2D eigenvalue weighted by Gasteiger charge is -2.18. The molecule has 0 bridgehead atoms. The first-order chi connectivity index (χ1) is 15.1. The van der Waals surface area contributed by atoms with Crippen molar-refractivity contribution in [3.63, 3.8) is 0 Å². The summed E-state index contributed by atoms with van der Waals surface area (Å²) < 4.78 is 11.1. The molecule has 1 aliphatic rings. The lowest BCUT2D eigenvalue weighted by Crippen LogP contribution is -2.32. The minimum Gasteiger partial charge on any atom is -0.495 e. The lowest BCUT2D eigenvalue weighted by atomic mass is 10.2. The Labute approximate surface area is 184 Å². The van der Waals surface area contributed by atoms with Gasteiger partial charge in [0.15, 0.2) is 0 Å². The summed E-state index contributed by atoms with van der Waals surface area (Å²) in [6, 6.07) is 18.0. The molecule has 31 heavy (non-hydrogen) atoms. The van der Waals surface area contributed by atoms with E-state index in [1.807, 2.05) is 48.7 Å². The fraction of sp³-hybridized carbons (Fsp3) is 0.167. The number of carbonyl (C=O) groups excluding carboxylic acids is 2. The molecular weight excluding hydrogens is 412 g/mol. The highest BCUT2D eigenvalue weighted by atomic mass is 32.1. The van der Waals surface area contributed by atoms with Crippen molar-refractivity contribution in [2.75, 3.05) is 23.9 Å². The first kappa shape index (κ1) is 20.7. The maximum Gasteiger partial charge on any atom is 0.282 e. The number of benzene rings is 2. The van der Waals surface area contributed by atoms with E-state index >= 15 is 0 Å². The number of rotatable bonds is 8. The highest BCUT2D eigenvalue weighted by Gasteiger charge is 2.41. The van der Waals surface area contributed by atoms with Crippen LogP contribution in [0.15, 0.2) is 71.7 Å². The number of amides is 2. The van der Waals surface area contributed by atoms with Crippen LogP contribution < -0.4 is 19.7 Å². The molecule has 0 aliphatic carbocycles. The highest BCUT2D eigenvalue weighted by molar-refractivity contribution is 7.11. The first-order valence-electron chi connectivity index (χ1n) is 9.94. The van der Waals surface area contributed by atoms with Gasteiger partial charge in [0.2, 0.25) is 0 Å². The molecule has 3 aromatic rings. The van der Waals surface area contributed by atoms with Crippen LogP contribution in [0.4, 0.5) is 11.4 Å². The summed E-state index contributed by atoms with van der Waals surface area (Å²) in [5.41, 5.74) is 1.64. The Kier molecular flexibility index (Phi) is 6.04. The molecule has 2 heterocycles. The van der Waals surface area contributed by atoms with E-state index in [-0.39, 0.29) is 5.70 Å². The minimum absolute atomic E-state index is 0.228. The van der Waals surface area contributed by atoms with Crippen molar-refractivity contribution in [2.45, 2.75) is 13.3 Å². The van der Waals surface area contributed by atoms with Crippen LogP contribution in [0.25, 0.3) is 5.57 Å². The Morgan fingerprint density at radius 3 is 2.58 bits per heavy atom. The van der Waals surface area contributed by atoms with Gasteiger partial charge in [0.1, 0.15) is 17.2 Å². The van der Waals surface area contributed by atoms with Crippen LogP contribution >= 0.6 is 11.3 Å². The first-order valence-corrected chi connectivity index (χ1v) is 10.8. The van der Waals surface area contributed by atoms with Gasteiger partial charge in [-0.3, -0.25) is 9.59 Å². The van der Waals surface area contributed by atoms with Crippen molar-refractivity contribution in [2.24, 2.45) is 0 Å². The number of imide groups is 1. The van der Waals surface area contributed by atoms with Gasteiger partial charge in [-0.2, -0.15) is 0 Å². The van der Waals surface area contributed by atoms with Crippen LogP contribution in [0, 0.1) is 0 Å². The predicted molar refractivity (Wildman–Crippen MR) is 123 cm³/mol. The van der Waals surface area contributed by atoms with Crippen molar-refractivity contribution in [3.05, 3.63) is 76.6 Å². The molecule has 0 unspecified atom stereocenters. The van der Waals surface area contributed by atoms with E-state index in [0.29, 0.717) is 35.1 Å². The molecule has 1 N–H and O–H groups in total. The van der Waals surface area contributed by atoms with E-state index < -0.39 is 11.8 Å². The van der Waals surface area contributed by atoms with Crippen LogP contribution in [0.3, 0.4) is 0 Å². The number of nitrogens with one attached hydrogen (secondary N) is 1. The molecule has 4 rings (SSSR count). The molecule has 0 atom stereocenters. The quantitative estimate of drug-likeness (QED) is 0.509. The molecule has 0 fully saturated rings. The molecule has 6 nitrogen and oxygen atoms in total. The van der Waals surface area contributed by atoms with Crippen molar-refractivity contribution in [1.82, 2.24) is 0 Å². The van der Waals surface area contributed by atoms with E-state index in [1.165, 1.54) is 18.4 Å². The zero-order valence-electron chi connectivity index (χ0n) is 17.3. The van der Waals surface area contributed by atoms with Crippen molar-refractivity contribution in [1.29, 1.82) is 0 Å². The van der Waals surface area contributed by atoms with Crippen molar-refractivity contribution < 1.29 is 19.1 Å². The zero-order chi connectivity index (χ0) is 21.8. The molecule has 0 saturated heterocycles. The van der Waals surface area contributed by atoms with E-state index in [0.717, 1.165) is 16.2 Å². The van der Waals surface area contributed by atoms with Gasteiger partial charge in [-0.1, -0.05) is 31.2 Å². The summed E-state index contributed by atoms with van der Waals surface area (Å²) in [5, 5.41) is 5.04. The fourth-order valence-electron chi connectivity index (χ4n) is 3.36. The van der Waals surface area contributed by atoms with Crippen molar-refractivity contribution in [3.8, 4) is 11.5 Å². The zero-order valence-corrected chi connectivity index (χ0v) is 18.1. The third-order valence-corrected chi connectivity index (χ3v) is 5.64. The van der Waals surface area contributed by atoms with Crippen LogP contribution in [0.2, 0.25) is 0 Å². The number of anilines is 2. The molecule has 2 amide bonds. The largest absolute Gasteiger partial charge is 0.495 e. The van der Waals surface area contributed by atoms with Gasteiger partial charge >= 0.3 is 0 Å². The lowest BCUT2D eigenvalue weighted by molar-refractivity contribution is -0.120. The molecular formula is C24H22N2O4S. The Balaban J connectivity index is 1.75. The number of carbonyl (C=O) groups is 2. The number of para-hydroxylation sites is 2. The molecule has 0 spiro atoms. The van der Waals surface area contributed by atoms with Crippen LogP contribution in [0.1, 0.15) is 18.2 Å². The monoisotopic (exact) mass is 434 g/mol. The Morgan fingerprint density at radius 1 is 1.00 bits per heavy atom. The molecule has 7 heteroatoms. The summed E-state index contributed by atoms with van der Waals surface area (Å²) in [6.07, 6.45) is 0.895. The molecule has 158 valence electrons. The predicted octanol–water partition coefficient (Wildman–Crippen LogP) is 4.94. The average Bonchev–Trinajstić information content (AvgIpc) is 3.39. The third kappa shape index (κ3) is 4.04. The van der Waals surface area contributed by atoms with Gasteiger partial charge in [0.25, 0.3) is 11.8 Å². The van der Waals surface area contributed by atoms with Gasteiger partial charge in [-0.05, 0) is 42.1 Å². The number of hydrogen-bond acceptors (Lipinski definition) is 6. The minimum atomic E-state index is -0.433. The van der Waals surface area contributed by atoms with E-state index in [1.54, 1.807) is 24.3 Å². The maximum absolute atomic E-state index is 13.5. The van der Waals surface area contributed by atoms with E-state index in [2.05, 4.69) is 5.32 Å². The summed E-state index contributed by atoms with van der Waals surface area (Å²) in [7, 11) is 1.51. The van der Waals surface area contributed by atoms with E-state index in [4.69, 9.17) is 9.47 Å². The Hall–Kier alpha value is -3.58. The number of hydrogen-bond donors (Lipinski definition) is 1. The van der Waals surface area contributed by atoms with Crippen LogP contribution in [0.5, 0.6) is 11.5 Å². The van der Waals surface area contributed by atoms with Gasteiger partial charge in [0, 0.05) is 16.6 Å². The van der Waals surface area contributed by atoms with Crippen molar-refractivity contribution >= 4 is 40.1 Å². The summed E-state index contributed by atoms with van der Waals surface area (Å²) in [4.78, 5) is 28.8. The van der Waals surface area contributed by atoms with Gasteiger partial charge in [0.05, 0.1) is 25.0 Å². The average molecular weight is 435 g/mol. The van der Waals surface area contributed by atoms with E-state index in [9.17, 15) is 9.59 Å². The molecule has 1 aromatic heterocycles. The maximum atomic E-state index is 13.5. The molecule has 0 saturated carbocycles. The second kappa shape index (κ2) is 9.06. The summed E-state index contributed by atoms with van der Waals surface area (Å²) >= 11 is 1.41. The third-order valence-electron chi connectivity index (χ3n) is 4.75.